The summed E-state index contributed by atoms with van der Waals surface area (Å²) >= 11 is 0. The summed E-state index contributed by atoms with van der Waals surface area (Å²) in [6, 6.07) is 199. The van der Waals surface area contributed by atoms with Crippen molar-refractivity contribution in [3.63, 3.8) is 0 Å². The molecule has 0 saturated carbocycles. The number of aromatic nitrogens is 6. The zero-order chi connectivity index (χ0) is 94.8. The molecule has 672 valence electrons. The van der Waals surface area contributed by atoms with Crippen LogP contribution in [-0.2, 0) is 0 Å². The minimum absolute atomic E-state index is 1.17. The van der Waals surface area contributed by atoms with Gasteiger partial charge in [-0.15, -0.1) is 0 Å². The molecule has 0 saturated heterocycles. The highest BCUT2D eigenvalue weighted by molar-refractivity contribution is 6.18. The Labute approximate surface area is 831 Å². The Hall–Kier alpha value is -19.1. The number of benzene rings is 24. The first-order valence-electron chi connectivity index (χ1n) is 49.6. The monoisotopic (exact) mass is 1830 g/mol. The molecule has 0 unspecified atom stereocenters. The van der Waals surface area contributed by atoms with E-state index in [9.17, 15) is 0 Å². The van der Waals surface area contributed by atoms with E-state index in [1.807, 2.05) is 0 Å². The molecule has 6 nitrogen and oxygen atoms in total. The Bertz CT molecular complexity index is 10300. The van der Waals surface area contributed by atoms with Crippen LogP contribution in [-0.4, -0.2) is 27.4 Å². The van der Waals surface area contributed by atoms with Crippen molar-refractivity contribution in [2.45, 2.75) is 0 Å². The first-order chi connectivity index (χ1) is 71.4. The van der Waals surface area contributed by atoms with Crippen LogP contribution in [0.3, 0.4) is 0 Å². The lowest BCUT2D eigenvalue weighted by molar-refractivity contribution is 1.18. The van der Waals surface area contributed by atoms with Gasteiger partial charge in [0.2, 0.25) is 0 Å². The van der Waals surface area contributed by atoms with Crippen molar-refractivity contribution in [3.05, 3.63) is 546 Å². The summed E-state index contributed by atoms with van der Waals surface area (Å²) in [4.78, 5) is 0. The van der Waals surface area contributed by atoms with Crippen molar-refractivity contribution >= 4 is 163 Å². The second-order valence-electron chi connectivity index (χ2n) is 37.8. The van der Waals surface area contributed by atoms with Crippen LogP contribution >= 0.6 is 0 Å². The van der Waals surface area contributed by atoms with Crippen LogP contribution in [0.1, 0.15) is 0 Å². The fourth-order valence-electron chi connectivity index (χ4n) is 23.1. The second-order valence-corrected chi connectivity index (χ2v) is 37.8. The Morgan fingerprint density at radius 2 is 0.361 bits per heavy atom. The minimum atomic E-state index is 1.17. The molecule has 6 aromatic heterocycles. The summed E-state index contributed by atoms with van der Waals surface area (Å²) in [5.74, 6) is 0. The van der Waals surface area contributed by atoms with Crippen LogP contribution in [0, 0.1) is 0 Å². The fraction of sp³-hybridized carbons (Fsp3) is 0. The largest absolute Gasteiger partial charge is 0.309 e. The first-order valence-corrected chi connectivity index (χ1v) is 49.6. The molecule has 0 bridgehead atoms. The number of fused-ring (bicyclic) bond motifs is 21. The summed E-state index contributed by atoms with van der Waals surface area (Å²) in [6.07, 6.45) is 0. The first kappa shape index (κ1) is 83.1. The lowest BCUT2D eigenvalue weighted by Gasteiger charge is -2.15. The van der Waals surface area contributed by atoms with E-state index < -0.39 is 0 Å². The van der Waals surface area contributed by atoms with Crippen molar-refractivity contribution < 1.29 is 0 Å². The zero-order valence-electron chi connectivity index (χ0n) is 78.6. The smallest absolute Gasteiger partial charge is 0.0541 e. The predicted octanol–water partition coefficient (Wildman–Crippen LogP) is 37.1. The molecule has 0 aliphatic carbocycles. The van der Waals surface area contributed by atoms with E-state index in [2.05, 4.69) is 573 Å². The number of para-hydroxylation sites is 10. The van der Waals surface area contributed by atoms with Gasteiger partial charge in [0, 0.05) is 98.6 Å². The van der Waals surface area contributed by atoms with Gasteiger partial charge in [-0.2, -0.15) is 0 Å². The standard InChI is InChI=1S/3C46H30N2/c1-3-12-31(13-4-1)37-19-11-14-34-28-36(24-25-38(34)37)48-44-21-10-8-18-40(44)42-30-33(23-27-46(42)48)32-22-26-45-41(29-32)39-17-7-9-20-43(39)47(45)35-15-5-2-6-16-35;1-3-13-31(14-4-1)40-30-36(27-34-15-7-8-18-37(34)40)48-44-22-12-10-20-39(44)42-29-33(24-26-46(42)48)32-23-25-45-41(28-32)38-19-9-11-21-43(38)47(45)35-16-5-2-6-17-35;1-2-14-36(15-3-1)47-43-20-10-7-17-38(43)40-29-33(24-26-45(40)47)34-25-27-46-41(30-34)39-18-8-11-21-44(39)48(46)42-19-9-6-16-37(42)35-23-22-31-12-4-5-13-32(31)28-35/h3*1-30H. The number of nitrogens with zero attached hydrogens (tertiary/aromatic N) is 6. The maximum atomic E-state index is 2.44. The molecule has 24 aromatic carbocycles. The molecule has 30 aromatic rings. The normalized spacial score (nSPS) is 11.8. The maximum Gasteiger partial charge on any atom is 0.0541 e. The Balaban J connectivity index is 0.000000105. The minimum Gasteiger partial charge on any atom is -0.309 e. The highest BCUT2D eigenvalue weighted by Crippen LogP contribution is 2.47. The van der Waals surface area contributed by atoms with E-state index in [1.54, 1.807) is 0 Å². The van der Waals surface area contributed by atoms with Gasteiger partial charge in [0.25, 0.3) is 0 Å². The molecule has 144 heavy (non-hydrogen) atoms. The molecule has 0 amide bonds. The van der Waals surface area contributed by atoms with Crippen LogP contribution in [0.15, 0.2) is 546 Å². The Kier molecular flexibility index (Phi) is 19.9. The molecule has 0 atom stereocenters. The average Bonchev–Trinajstić information content (AvgIpc) is 1.58. The van der Waals surface area contributed by atoms with Crippen LogP contribution in [0.25, 0.3) is 264 Å². The van der Waals surface area contributed by atoms with Crippen LogP contribution < -0.4 is 0 Å². The summed E-state index contributed by atoms with van der Waals surface area (Å²) in [5.41, 5.74) is 36.3. The van der Waals surface area contributed by atoms with Crippen molar-refractivity contribution in [1.29, 1.82) is 0 Å². The van der Waals surface area contributed by atoms with Crippen molar-refractivity contribution in [2.24, 2.45) is 0 Å². The van der Waals surface area contributed by atoms with Gasteiger partial charge in [0.15, 0.2) is 0 Å². The van der Waals surface area contributed by atoms with Gasteiger partial charge >= 0.3 is 0 Å². The molecule has 0 aliphatic heterocycles. The van der Waals surface area contributed by atoms with E-state index in [0.29, 0.717) is 0 Å². The van der Waals surface area contributed by atoms with Gasteiger partial charge in [-0.05, 0) is 276 Å². The van der Waals surface area contributed by atoms with E-state index >= 15 is 0 Å². The molecular formula is C138H90N6. The van der Waals surface area contributed by atoms with Crippen molar-refractivity contribution in [1.82, 2.24) is 27.4 Å². The van der Waals surface area contributed by atoms with Crippen molar-refractivity contribution in [2.75, 3.05) is 0 Å². The predicted molar refractivity (Wildman–Crippen MR) is 610 cm³/mol. The second kappa shape index (κ2) is 34.5. The number of hydrogen-bond acceptors (Lipinski definition) is 0. The summed E-state index contributed by atoms with van der Waals surface area (Å²) in [5, 5.41) is 22.6. The molecule has 0 radical (unpaired) electrons. The highest BCUT2D eigenvalue weighted by Gasteiger charge is 2.25. The quantitative estimate of drug-likeness (QED) is 0.117. The molecule has 6 heteroatoms. The van der Waals surface area contributed by atoms with Crippen LogP contribution in [0.5, 0.6) is 0 Å². The highest BCUT2D eigenvalue weighted by atomic mass is 15.0. The van der Waals surface area contributed by atoms with E-state index in [1.165, 1.54) is 264 Å². The number of hydrogen-bond donors (Lipinski definition) is 0. The lowest BCUT2D eigenvalue weighted by Crippen LogP contribution is -1.97. The molecule has 6 heterocycles. The molecule has 30 rings (SSSR count). The SMILES string of the molecule is c1ccc(-c2cc(-n3c4ccccc4c4cc(-c5ccc6c(c5)c5ccccc5n6-c5ccccc5)ccc43)cc3ccccc23)cc1.c1ccc(-c2cccc3cc(-n4c5ccccc5c5cc(-c6ccc7c(c6)c6ccccc6n7-c6ccccc6)ccc54)ccc23)cc1.c1ccc(-n2c3ccccc3c3cc(-c4ccc5c(c4)c4ccccc4n5-c4ccccc4-c4ccc5ccccc5c4)ccc32)cc1. The zero-order valence-corrected chi connectivity index (χ0v) is 78.6. The van der Waals surface area contributed by atoms with Gasteiger partial charge in [-0.3, -0.25) is 0 Å². The van der Waals surface area contributed by atoms with Crippen LogP contribution in [0.4, 0.5) is 0 Å². The van der Waals surface area contributed by atoms with E-state index in [4.69, 9.17) is 0 Å². The summed E-state index contributed by atoms with van der Waals surface area (Å²) in [6.45, 7) is 0. The van der Waals surface area contributed by atoms with Crippen LogP contribution in [0.2, 0.25) is 0 Å². The van der Waals surface area contributed by atoms with Crippen molar-refractivity contribution in [3.8, 4) is 101 Å². The third-order valence-corrected chi connectivity index (χ3v) is 29.7. The fourth-order valence-corrected chi connectivity index (χ4v) is 23.1. The van der Waals surface area contributed by atoms with Gasteiger partial charge in [-0.1, -0.05) is 364 Å². The van der Waals surface area contributed by atoms with E-state index in [-0.39, 0.29) is 0 Å². The summed E-state index contributed by atoms with van der Waals surface area (Å²) in [7, 11) is 0. The molecular weight excluding hydrogens is 1740 g/mol. The number of rotatable bonds is 12. The molecule has 0 N–H and O–H groups in total. The molecule has 0 spiro atoms. The third kappa shape index (κ3) is 13.9. The maximum absolute atomic E-state index is 2.44. The lowest BCUT2D eigenvalue weighted by atomic mass is 9.97. The molecule has 0 fully saturated rings. The van der Waals surface area contributed by atoms with Gasteiger partial charge in [0.05, 0.1) is 71.9 Å². The van der Waals surface area contributed by atoms with Gasteiger partial charge < -0.3 is 27.4 Å². The van der Waals surface area contributed by atoms with E-state index in [0.717, 1.165) is 0 Å². The summed E-state index contributed by atoms with van der Waals surface area (Å²) < 4.78 is 14.4. The average molecular weight is 1830 g/mol. The topological polar surface area (TPSA) is 29.6 Å². The van der Waals surface area contributed by atoms with Gasteiger partial charge in [-0.25, -0.2) is 0 Å². The third-order valence-electron chi connectivity index (χ3n) is 29.7. The van der Waals surface area contributed by atoms with Gasteiger partial charge in [0.1, 0.15) is 0 Å². The Morgan fingerprint density at radius 1 is 0.0972 bits per heavy atom. The Morgan fingerprint density at radius 3 is 0.764 bits per heavy atom. The molecule has 0 aliphatic rings.